The molecule has 0 saturated heterocycles. The fourth-order valence-electron chi connectivity index (χ4n) is 2.05. The molecule has 2 rings (SSSR count). The van der Waals surface area contributed by atoms with Crippen LogP contribution in [-0.2, 0) is 0 Å². The van der Waals surface area contributed by atoms with Gasteiger partial charge >= 0.3 is 0 Å². The maximum Gasteiger partial charge on any atom is 0.276 e. The van der Waals surface area contributed by atoms with E-state index in [0.29, 0.717) is 11.3 Å². The number of nitro benzene ring substituents is 1. The van der Waals surface area contributed by atoms with Crippen molar-refractivity contribution in [1.29, 1.82) is 0 Å². The van der Waals surface area contributed by atoms with Crippen molar-refractivity contribution in [2.24, 2.45) is 4.99 Å². The molecule has 1 aromatic rings. The van der Waals surface area contributed by atoms with Gasteiger partial charge in [-0.15, -0.1) is 0 Å². The Labute approximate surface area is 111 Å². The van der Waals surface area contributed by atoms with Crippen molar-refractivity contribution in [3.63, 3.8) is 0 Å². The summed E-state index contributed by atoms with van der Waals surface area (Å²) in [7, 11) is 0. The van der Waals surface area contributed by atoms with Crippen LogP contribution < -0.4 is 10.1 Å². The van der Waals surface area contributed by atoms with Crippen molar-refractivity contribution in [1.82, 2.24) is 5.32 Å². The summed E-state index contributed by atoms with van der Waals surface area (Å²) in [6.07, 6.45) is 0.580. The van der Waals surface area contributed by atoms with Gasteiger partial charge in [0.05, 0.1) is 17.0 Å². The third-order valence-corrected chi connectivity index (χ3v) is 3.10. The second kappa shape index (κ2) is 5.69. The fraction of sp³-hybridized carbons (Fsp3) is 0.462. The van der Waals surface area contributed by atoms with E-state index in [-0.39, 0.29) is 11.8 Å². The first-order valence-corrected chi connectivity index (χ1v) is 6.32. The van der Waals surface area contributed by atoms with Gasteiger partial charge in [0.2, 0.25) is 0 Å². The molecule has 0 bridgehead atoms. The van der Waals surface area contributed by atoms with Crippen LogP contribution in [0.1, 0.15) is 18.9 Å². The van der Waals surface area contributed by atoms with E-state index in [2.05, 4.69) is 10.3 Å². The molecule has 1 heterocycles. The minimum atomic E-state index is -0.394. The molecule has 1 atom stereocenters. The minimum absolute atomic E-state index is 0.0775. The monoisotopic (exact) mass is 263 g/mol. The lowest BCUT2D eigenvalue weighted by atomic mass is 10.1. The number of hydrogen-bond donors (Lipinski definition) is 1. The number of rotatable bonds is 5. The molecule has 0 spiro atoms. The highest BCUT2D eigenvalue weighted by molar-refractivity contribution is 5.88. The number of ether oxygens (including phenoxy) is 1. The molecule has 0 aromatic heterocycles. The zero-order valence-electron chi connectivity index (χ0n) is 11.0. The van der Waals surface area contributed by atoms with Gasteiger partial charge in [0, 0.05) is 12.6 Å². The van der Waals surface area contributed by atoms with E-state index in [0.717, 1.165) is 25.3 Å². The van der Waals surface area contributed by atoms with Gasteiger partial charge in [-0.2, -0.15) is 0 Å². The number of amidine groups is 1. The van der Waals surface area contributed by atoms with E-state index < -0.39 is 4.92 Å². The quantitative estimate of drug-likeness (QED) is 0.651. The molecule has 0 saturated carbocycles. The van der Waals surface area contributed by atoms with Crippen LogP contribution in [0.25, 0.3) is 0 Å². The molecule has 1 aliphatic heterocycles. The van der Waals surface area contributed by atoms with Crippen LogP contribution in [0.4, 0.5) is 5.69 Å². The maximum absolute atomic E-state index is 10.9. The Kier molecular flexibility index (Phi) is 3.99. The van der Waals surface area contributed by atoms with Crippen LogP contribution in [0.15, 0.2) is 23.2 Å². The van der Waals surface area contributed by atoms with Gasteiger partial charge in [-0.05, 0) is 19.4 Å². The summed E-state index contributed by atoms with van der Waals surface area (Å²) >= 11 is 0. The predicted molar refractivity (Wildman–Crippen MR) is 72.8 cm³/mol. The molecular formula is C13H17N3O3. The Morgan fingerprint density at radius 3 is 2.95 bits per heavy atom. The van der Waals surface area contributed by atoms with Crippen molar-refractivity contribution in [3.8, 4) is 5.75 Å². The molecule has 102 valence electrons. The summed E-state index contributed by atoms with van der Waals surface area (Å²) in [5, 5.41) is 14.1. The number of hydrogen-bond acceptors (Lipinski definition) is 5. The first-order chi connectivity index (χ1) is 9.13. The Hall–Kier alpha value is -2.11. The standard InChI is InChI=1S/C13H17N3O3/c1-3-11(13-14-7-8-15-13)19-12-6-4-5-10(9(12)2)16(17)18/h4-6,11H,3,7-8H2,1-2H3,(H,14,15). The molecule has 0 fully saturated rings. The molecule has 1 N–H and O–H groups in total. The largest absolute Gasteiger partial charge is 0.482 e. The maximum atomic E-state index is 10.9. The normalized spacial score (nSPS) is 15.6. The highest BCUT2D eigenvalue weighted by Crippen LogP contribution is 2.28. The lowest BCUT2D eigenvalue weighted by molar-refractivity contribution is -0.385. The number of benzene rings is 1. The van der Waals surface area contributed by atoms with Gasteiger partial charge in [0.15, 0.2) is 6.10 Å². The van der Waals surface area contributed by atoms with Crippen molar-refractivity contribution in [2.45, 2.75) is 26.4 Å². The van der Waals surface area contributed by atoms with Crippen LogP contribution >= 0.6 is 0 Å². The summed E-state index contributed by atoms with van der Waals surface area (Å²) < 4.78 is 5.87. The third-order valence-electron chi connectivity index (χ3n) is 3.10. The predicted octanol–water partition coefficient (Wildman–Crippen LogP) is 2.06. The molecule has 0 amide bonds. The topological polar surface area (TPSA) is 76.8 Å². The molecule has 1 aliphatic rings. The summed E-state index contributed by atoms with van der Waals surface area (Å²) in [4.78, 5) is 14.8. The molecule has 19 heavy (non-hydrogen) atoms. The van der Waals surface area contributed by atoms with Crippen LogP contribution in [0.3, 0.4) is 0 Å². The second-order valence-electron chi connectivity index (χ2n) is 4.37. The van der Waals surface area contributed by atoms with E-state index in [1.165, 1.54) is 6.07 Å². The van der Waals surface area contributed by atoms with Gasteiger partial charge in [0.1, 0.15) is 11.6 Å². The van der Waals surface area contributed by atoms with E-state index in [9.17, 15) is 10.1 Å². The van der Waals surface area contributed by atoms with Crippen molar-refractivity contribution in [2.75, 3.05) is 13.1 Å². The molecule has 1 unspecified atom stereocenters. The number of nitrogens with one attached hydrogen (secondary N) is 1. The van der Waals surface area contributed by atoms with Gasteiger partial charge < -0.3 is 10.1 Å². The van der Waals surface area contributed by atoms with Gasteiger partial charge in [-0.25, -0.2) is 0 Å². The average molecular weight is 263 g/mol. The number of nitrogens with zero attached hydrogens (tertiary/aromatic N) is 2. The Morgan fingerprint density at radius 2 is 2.37 bits per heavy atom. The Balaban J connectivity index is 2.22. The van der Waals surface area contributed by atoms with Crippen LogP contribution in [0.5, 0.6) is 5.75 Å². The fourth-order valence-corrected chi connectivity index (χ4v) is 2.05. The Bertz CT molecular complexity index is 514. The lowest BCUT2D eigenvalue weighted by Crippen LogP contribution is -2.35. The summed E-state index contributed by atoms with van der Waals surface area (Å²) in [6, 6.07) is 4.87. The molecule has 6 heteroatoms. The molecule has 1 aromatic carbocycles. The number of aliphatic imine (C=N–C) groups is 1. The van der Waals surface area contributed by atoms with Crippen LogP contribution in [0, 0.1) is 17.0 Å². The first kappa shape index (κ1) is 13.3. The highest BCUT2D eigenvalue weighted by Gasteiger charge is 2.21. The zero-order valence-corrected chi connectivity index (χ0v) is 11.0. The summed E-state index contributed by atoms with van der Waals surface area (Å²) in [6.45, 7) is 5.27. The van der Waals surface area contributed by atoms with Crippen molar-refractivity contribution < 1.29 is 9.66 Å². The summed E-state index contributed by atoms with van der Waals surface area (Å²) in [5.74, 6) is 1.37. The van der Waals surface area contributed by atoms with Gasteiger partial charge in [-0.1, -0.05) is 13.0 Å². The second-order valence-corrected chi connectivity index (χ2v) is 4.37. The molecule has 0 aliphatic carbocycles. The van der Waals surface area contributed by atoms with E-state index in [4.69, 9.17) is 4.74 Å². The molecule has 6 nitrogen and oxygen atoms in total. The van der Waals surface area contributed by atoms with Crippen molar-refractivity contribution >= 4 is 11.5 Å². The van der Waals surface area contributed by atoms with Crippen LogP contribution in [-0.4, -0.2) is 30.0 Å². The summed E-state index contributed by atoms with van der Waals surface area (Å²) in [5.41, 5.74) is 0.623. The highest BCUT2D eigenvalue weighted by atomic mass is 16.6. The van der Waals surface area contributed by atoms with Crippen molar-refractivity contribution in [3.05, 3.63) is 33.9 Å². The Morgan fingerprint density at radius 1 is 1.58 bits per heavy atom. The third kappa shape index (κ3) is 2.83. The van der Waals surface area contributed by atoms with E-state index >= 15 is 0 Å². The zero-order chi connectivity index (χ0) is 13.8. The molecular weight excluding hydrogens is 246 g/mol. The smallest absolute Gasteiger partial charge is 0.276 e. The van der Waals surface area contributed by atoms with E-state index in [1.807, 2.05) is 6.92 Å². The average Bonchev–Trinajstić information content (AvgIpc) is 2.91. The lowest BCUT2D eigenvalue weighted by Gasteiger charge is -2.19. The SMILES string of the molecule is CCC(Oc1cccc([N+](=O)[O-])c1C)C1=NCCN1. The van der Waals surface area contributed by atoms with Gasteiger partial charge in [-0.3, -0.25) is 15.1 Å². The van der Waals surface area contributed by atoms with Crippen LogP contribution in [0.2, 0.25) is 0 Å². The minimum Gasteiger partial charge on any atom is -0.482 e. The number of nitro groups is 1. The van der Waals surface area contributed by atoms with E-state index in [1.54, 1.807) is 19.1 Å². The molecule has 0 radical (unpaired) electrons. The van der Waals surface area contributed by atoms with Gasteiger partial charge in [0.25, 0.3) is 5.69 Å². The first-order valence-electron chi connectivity index (χ1n) is 6.32.